The van der Waals surface area contributed by atoms with Gasteiger partial charge in [-0.3, -0.25) is 4.90 Å². The molecule has 1 heterocycles. The van der Waals surface area contributed by atoms with Gasteiger partial charge < -0.3 is 14.7 Å². The standard InChI is InChI=1S/C23H31FN2O2/c1-25(15-19-9-11-21(24)12-10-19)16-20-7-3-4-8-23(20)28-18-22(27)17-26-13-5-2-6-14-26/h3-4,7-12,22,27H,2,5-6,13-18H2,1H3/t22-/m1/s1. The summed E-state index contributed by atoms with van der Waals surface area (Å²) in [5.41, 5.74) is 2.15. The lowest BCUT2D eigenvalue weighted by Gasteiger charge is -2.28. The fourth-order valence-electron chi connectivity index (χ4n) is 3.70. The lowest BCUT2D eigenvalue weighted by atomic mass is 10.1. The van der Waals surface area contributed by atoms with Crippen molar-refractivity contribution in [3.63, 3.8) is 0 Å². The third-order valence-corrected chi connectivity index (χ3v) is 5.13. The predicted octanol–water partition coefficient (Wildman–Crippen LogP) is 3.68. The van der Waals surface area contributed by atoms with E-state index in [1.54, 1.807) is 0 Å². The summed E-state index contributed by atoms with van der Waals surface area (Å²) in [5, 5.41) is 10.3. The number of ether oxygens (including phenoxy) is 1. The molecule has 4 nitrogen and oxygen atoms in total. The summed E-state index contributed by atoms with van der Waals surface area (Å²) in [5.74, 6) is 0.597. The Morgan fingerprint density at radius 2 is 1.75 bits per heavy atom. The number of halogens is 1. The maximum Gasteiger partial charge on any atom is 0.123 e. The Bertz CT molecular complexity index is 717. The molecule has 0 aromatic heterocycles. The van der Waals surface area contributed by atoms with Gasteiger partial charge in [-0.15, -0.1) is 0 Å². The minimum absolute atomic E-state index is 0.215. The molecule has 0 saturated carbocycles. The first-order valence-electron chi connectivity index (χ1n) is 10.1. The third-order valence-electron chi connectivity index (χ3n) is 5.13. The zero-order chi connectivity index (χ0) is 19.8. The molecule has 1 N–H and O–H groups in total. The van der Waals surface area contributed by atoms with Gasteiger partial charge in [0.05, 0.1) is 0 Å². The first kappa shape index (κ1) is 20.8. The first-order chi connectivity index (χ1) is 13.6. The third kappa shape index (κ3) is 6.59. The van der Waals surface area contributed by atoms with Crippen molar-refractivity contribution in [1.29, 1.82) is 0 Å². The van der Waals surface area contributed by atoms with Crippen LogP contribution < -0.4 is 4.74 Å². The molecule has 0 aliphatic carbocycles. The van der Waals surface area contributed by atoms with Crippen LogP contribution in [0, 0.1) is 5.82 Å². The van der Waals surface area contributed by atoms with Gasteiger partial charge >= 0.3 is 0 Å². The summed E-state index contributed by atoms with van der Waals surface area (Å²) >= 11 is 0. The van der Waals surface area contributed by atoms with Gasteiger partial charge in [0, 0.05) is 25.2 Å². The second-order valence-electron chi connectivity index (χ2n) is 7.73. The van der Waals surface area contributed by atoms with Crippen LogP contribution >= 0.6 is 0 Å². The molecular formula is C23H31FN2O2. The minimum atomic E-state index is -0.483. The zero-order valence-corrected chi connectivity index (χ0v) is 16.7. The molecule has 1 atom stereocenters. The lowest BCUT2D eigenvalue weighted by Crippen LogP contribution is -2.38. The van der Waals surface area contributed by atoms with Crippen molar-refractivity contribution in [1.82, 2.24) is 9.80 Å². The van der Waals surface area contributed by atoms with Crippen LogP contribution in [0.4, 0.5) is 4.39 Å². The number of hydrogen-bond donors (Lipinski definition) is 1. The molecule has 28 heavy (non-hydrogen) atoms. The molecule has 152 valence electrons. The van der Waals surface area contributed by atoms with Gasteiger partial charge in [0.2, 0.25) is 0 Å². The fraction of sp³-hybridized carbons (Fsp3) is 0.478. The second-order valence-corrected chi connectivity index (χ2v) is 7.73. The number of benzene rings is 2. The van der Waals surface area contributed by atoms with Crippen molar-refractivity contribution in [3.8, 4) is 5.75 Å². The van der Waals surface area contributed by atoms with Crippen LogP contribution in [0.15, 0.2) is 48.5 Å². The normalized spacial score (nSPS) is 16.3. The molecule has 0 unspecified atom stereocenters. The summed E-state index contributed by atoms with van der Waals surface area (Å²) in [6.45, 7) is 4.56. The van der Waals surface area contributed by atoms with Gasteiger partial charge in [0.15, 0.2) is 0 Å². The van der Waals surface area contributed by atoms with E-state index in [-0.39, 0.29) is 5.82 Å². The number of piperidine rings is 1. The van der Waals surface area contributed by atoms with Crippen LogP contribution in [0.25, 0.3) is 0 Å². The van der Waals surface area contributed by atoms with Crippen LogP contribution in [0.2, 0.25) is 0 Å². The summed E-state index contributed by atoms with van der Waals surface area (Å²) in [6, 6.07) is 14.6. The average molecular weight is 387 g/mol. The molecule has 2 aromatic rings. The smallest absolute Gasteiger partial charge is 0.123 e. The van der Waals surface area contributed by atoms with Crippen LogP contribution in [-0.4, -0.2) is 54.3 Å². The van der Waals surface area contributed by atoms with E-state index in [4.69, 9.17) is 4.74 Å². The van der Waals surface area contributed by atoms with E-state index in [0.717, 1.165) is 43.1 Å². The largest absolute Gasteiger partial charge is 0.491 e. The van der Waals surface area contributed by atoms with E-state index in [9.17, 15) is 9.50 Å². The monoisotopic (exact) mass is 386 g/mol. The number of aliphatic hydroxyl groups excluding tert-OH is 1. The van der Waals surface area contributed by atoms with E-state index >= 15 is 0 Å². The molecule has 1 aliphatic heterocycles. The summed E-state index contributed by atoms with van der Waals surface area (Å²) in [7, 11) is 2.03. The number of β-amino-alcohol motifs (C(OH)–C–C–N with tert-alkyl or cyclic N) is 1. The number of rotatable bonds is 9. The van der Waals surface area contributed by atoms with Crippen LogP contribution in [-0.2, 0) is 13.1 Å². The Labute approximate surface area is 167 Å². The molecule has 2 aromatic carbocycles. The Balaban J connectivity index is 1.51. The number of aliphatic hydroxyl groups is 1. The van der Waals surface area contributed by atoms with Gasteiger partial charge in [-0.25, -0.2) is 4.39 Å². The number of likely N-dealkylation sites (tertiary alicyclic amines) is 1. The van der Waals surface area contributed by atoms with E-state index in [1.807, 2.05) is 43.4 Å². The molecule has 1 saturated heterocycles. The van der Waals surface area contributed by atoms with Crippen molar-refractivity contribution >= 4 is 0 Å². The van der Waals surface area contributed by atoms with Crippen LogP contribution in [0.3, 0.4) is 0 Å². The van der Waals surface area contributed by atoms with Crippen LogP contribution in [0.5, 0.6) is 5.75 Å². The zero-order valence-electron chi connectivity index (χ0n) is 16.7. The van der Waals surface area contributed by atoms with Gasteiger partial charge in [-0.1, -0.05) is 36.8 Å². The molecule has 5 heteroatoms. The lowest BCUT2D eigenvalue weighted by molar-refractivity contribution is 0.0612. The van der Waals surface area contributed by atoms with E-state index < -0.39 is 6.10 Å². The van der Waals surface area contributed by atoms with Crippen molar-refractivity contribution < 1.29 is 14.2 Å². The van der Waals surface area contributed by atoms with E-state index in [1.165, 1.54) is 31.4 Å². The first-order valence-corrected chi connectivity index (χ1v) is 10.1. The second kappa shape index (κ2) is 10.6. The molecule has 0 radical (unpaired) electrons. The molecule has 0 spiro atoms. The quantitative estimate of drug-likeness (QED) is 0.713. The van der Waals surface area contributed by atoms with Crippen molar-refractivity contribution in [2.24, 2.45) is 0 Å². The number of para-hydroxylation sites is 1. The number of nitrogens with zero attached hydrogens (tertiary/aromatic N) is 2. The molecule has 1 aliphatic rings. The Morgan fingerprint density at radius 1 is 1.04 bits per heavy atom. The summed E-state index contributed by atoms with van der Waals surface area (Å²) < 4.78 is 19.0. The topological polar surface area (TPSA) is 35.9 Å². The SMILES string of the molecule is CN(Cc1ccc(F)cc1)Cc1ccccc1OC[C@H](O)CN1CCCCC1. The number of hydrogen-bond acceptors (Lipinski definition) is 4. The van der Waals surface area contributed by atoms with Gasteiger partial charge in [-0.05, 0) is 56.7 Å². The van der Waals surface area contributed by atoms with Crippen LogP contribution in [0.1, 0.15) is 30.4 Å². The van der Waals surface area contributed by atoms with Crippen molar-refractivity contribution in [2.75, 3.05) is 33.3 Å². The van der Waals surface area contributed by atoms with Gasteiger partial charge in [-0.2, -0.15) is 0 Å². The fourth-order valence-corrected chi connectivity index (χ4v) is 3.70. The molecule has 3 rings (SSSR count). The maximum atomic E-state index is 13.1. The Kier molecular flexibility index (Phi) is 7.83. The van der Waals surface area contributed by atoms with Crippen molar-refractivity contribution in [2.45, 2.75) is 38.5 Å². The van der Waals surface area contributed by atoms with Gasteiger partial charge in [0.25, 0.3) is 0 Å². The summed E-state index contributed by atoms with van der Waals surface area (Å²) in [6.07, 6.45) is 3.25. The van der Waals surface area contributed by atoms with E-state index in [0.29, 0.717) is 13.2 Å². The highest BCUT2D eigenvalue weighted by Gasteiger charge is 2.16. The van der Waals surface area contributed by atoms with E-state index in [2.05, 4.69) is 9.80 Å². The predicted molar refractivity (Wildman–Crippen MR) is 110 cm³/mol. The Hall–Kier alpha value is -1.95. The highest BCUT2D eigenvalue weighted by atomic mass is 19.1. The summed E-state index contributed by atoms with van der Waals surface area (Å²) in [4.78, 5) is 4.49. The maximum absolute atomic E-state index is 13.1. The van der Waals surface area contributed by atoms with Gasteiger partial charge in [0.1, 0.15) is 24.3 Å². The Morgan fingerprint density at radius 3 is 2.50 bits per heavy atom. The average Bonchev–Trinajstić information content (AvgIpc) is 2.70. The highest BCUT2D eigenvalue weighted by molar-refractivity contribution is 5.33. The van der Waals surface area contributed by atoms with Crippen molar-refractivity contribution in [3.05, 3.63) is 65.5 Å². The molecule has 0 amide bonds. The highest BCUT2D eigenvalue weighted by Crippen LogP contribution is 2.21. The molecular weight excluding hydrogens is 355 g/mol. The molecule has 0 bridgehead atoms. The molecule has 1 fully saturated rings. The minimum Gasteiger partial charge on any atom is -0.491 e.